The van der Waals surface area contributed by atoms with Gasteiger partial charge in [-0.05, 0) is 19.8 Å². The van der Waals surface area contributed by atoms with E-state index in [1.807, 2.05) is 6.08 Å². The van der Waals surface area contributed by atoms with Crippen LogP contribution in [0.3, 0.4) is 0 Å². The van der Waals surface area contributed by atoms with Gasteiger partial charge in [0.05, 0.1) is 0 Å². The fourth-order valence-corrected chi connectivity index (χ4v) is 0.652. The van der Waals surface area contributed by atoms with Crippen molar-refractivity contribution in [3.05, 3.63) is 24.3 Å². The van der Waals surface area contributed by atoms with Crippen molar-refractivity contribution in [2.75, 3.05) is 0 Å². The molecule has 0 atom stereocenters. The Morgan fingerprint density at radius 2 is 2.25 bits per heavy atom. The molecular formula is C8H14. The maximum absolute atomic E-state index is 3.66. The topological polar surface area (TPSA) is 0 Å². The van der Waals surface area contributed by atoms with Crippen LogP contribution in [0.2, 0.25) is 0 Å². The molecule has 0 aliphatic rings. The van der Waals surface area contributed by atoms with Gasteiger partial charge in [-0.2, -0.15) is 0 Å². The standard InChI is InChI=1S/C8H14/c1-4-7-8(5-2)6-3/h4-5H,1,6-7H2,2-3H3/b8-5-. The largest absolute Gasteiger partial charge is 0.103 e. The van der Waals surface area contributed by atoms with Crippen molar-refractivity contribution in [2.24, 2.45) is 0 Å². The van der Waals surface area contributed by atoms with Gasteiger partial charge in [0.25, 0.3) is 0 Å². The Labute approximate surface area is 51.9 Å². The third kappa shape index (κ3) is 2.62. The maximum atomic E-state index is 3.66. The van der Waals surface area contributed by atoms with Crippen molar-refractivity contribution in [1.82, 2.24) is 0 Å². The van der Waals surface area contributed by atoms with Crippen molar-refractivity contribution < 1.29 is 0 Å². The van der Waals surface area contributed by atoms with E-state index in [2.05, 4.69) is 26.5 Å². The molecule has 0 amide bonds. The van der Waals surface area contributed by atoms with Gasteiger partial charge in [0.2, 0.25) is 0 Å². The molecule has 0 N–H and O–H groups in total. The molecule has 0 fully saturated rings. The molecule has 0 aromatic carbocycles. The molecule has 0 saturated heterocycles. The minimum Gasteiger partial charge on any atom is -0.103 e. The zero-order valence-electron chi connectivity index (χ0n) is 5.78. The highest BCUT2D eigenvalue weighted by Crippen LogP contribution is 2.04. The van der Waals surface area contributed by atoms with Crippen LogP contribution in [-0.2, 0) is 0 Å². The summed E-state index contributed by atoms with van der Waals surface area (Å²) < 4.78 is 0. The Kier molecular flexibility index (Phi) is 4.33. The Hall–Kier alpha value is -0.520. The highest BCUT2D eigenvalue weighted by Gasteiger charge is 1.84. The summed E-state index contributed by atoms with van der Waals surface area (Å²) in [6.45, 7) is 7.89. The molecule has 0 heterocycles. The average Bonchev–Trinajstić information content (AvgIpc) is 1.83. The van der Waals surface area contributed by atoms with Gasteiger partial charge in [-0.1, -0.05) is 24.6 Å². The summed E-state index contributed by atoms with van der Waals surface area (Å²) in [6.07, 6.45) is 6.30. The van der Waals surface area contributed by atoms with Gasteiger partial charge in [-0.3, -0.25) is 0 Å². The average molecular weight is 110 g/mol. The molecule has 0 aromatic rings. The molecule has 0 spiro atoms. The Morgan fingerprint density at radius 1 is 1.62 bits per heavy atom. The van der Waals surface area contributed by atoms with E-state index in [0.29, 0.717) is 0 Å². The van der Waals surface area contributed by atoms with E-state index in [4.69, 9.17) is 0 Å². The van der Waals surface area contributed by atoms with E-state index < -0.39 is 0 Å². The summed E-state index contributed by atoms with van der Waals surface area (Å²) in [5.41, 5.74) is 1.47. The summed E-state index contributed by atoms with van der Waals surface area (Å²) in [4.78, 5) is 0. The molecule has 8 heavy (non-hydrogen) atoms. The Morgan fingerprint density at radius 3 is 2.38 bits per heavy atom. The van der Waals surface area contributed by atoms with Crippen molar-refractivity contribution in [2.45, 2.75) is 26.7 Å². The Balaban J connectivity index is 3.53. The fraction of sp³-hybridized carbons (Fsp3) is 0.500. The molecule has 0 unspecified atom stereocenters. The SMILES string of the molecule is C=CC/C(=C\C)CC. The van der Waals surface area contributed by atoms with E-state index in [9.17, 15) is 0 Å². The fourth-order valence-electron chi connectivity index (χ4n) is 0.652. The van der Waals surface area contributed by atoms with Crippen LogP contribution in [0.15, 0.2) is 24.3 Å². The van der Waals surface area contributed by atoms with Crippen LogP contribution in [-0.4, -0.2) is 0 Å². The second-order valence-corrected chi connectivity index (χ2v) is 1.79. The molecule has 0 nitrogen and oxygen atoms in total. The first-order valence-electron chi connectivity index (χ1n) is 3.10. The van der Waals surface area contributed by atoms with Crippen LogP contribution in [0.1, 0.15) is 26.7 Å². The maximum Gasteiger partial charge on any atom is -0.0142 e. The van der Waals surface area contributed by atoms with E-state index in [1.54, 1.807) is 0 Å². The number of hydrogen-bond acceptors (Lipinski definition) is 0. The van der Waals surface area contributed by atoms with Gasteiger partial charge in [0.1, 0.15) is 0 Å². The smallest absolute Gasteiger partial charge is 0.0142 e. The molecule has 0 rings (SSSR count). The third-order valence-corrected chi connectivity index (χ3v) is 1.27. The van der Waals surface area contributed by atoms with Crippen molar-refractivity contribution >= 4 is 0 Å². The molecule has 0 aliphatic carbocycles. The van der Waals surface area contributed by atoms with Gasteiger partial charge >= 0.3 is 0 Å². The molecule has 0 heteroatoms. The zero-order chi connectivity index (χ0) is 6.41. The first-order valence-corrected chi connectivity index (χ1v) is 3.10. The van der Waals surface area contributed by atoms with Gasteiger partial charge < -0.3 is 0 Å². The van der Waals surface area contributed by atoms with Crippen molar-refractivity contribution in [3.63, 3.8) is 0 Å². The summed E-state index contributed by atoms with van der Waals surface area (Å²) in [5.74, 6) is 0. The number of rotatable bonds is 3. The normalized spacial score (nSPS) is 11.5. The second-order valence-electron chi connectivity index (χ2n) is 1.79. The monoisotopic (exact) mass is 110 g/mol. The Bertz CT molecular complexity index is 88.2. The molecule has 0 bridgehead atoms. The quantitative estimate of drug-likeness (QED) is 0.490. The zero-order valence-corrected chi connectivity index (χ0v) is 5.78. The van der Waals surface area contributed by atoms with Gasteiger partial charge in [-0.15, -0.1) is 6.58 Å². The lowest BCUT2D eigenvalue weighted by Gasteiger charge is -1.94. The van der Waals surface area contributed by atoms with Gasteiger partial charge in [-0.25, -0.2) is 0 Å². The van der Waals surface area contributed by atoms with Crippen LogP contribution in [0.5, 0.6) is 0 Å². The van der Waals surface area contributed by atoms with Crippen LogP contribution in [0.25, 0.3) is 0 Å². The predicted molar refractivity (Wildman–Crippen MR) is 38.9 cm³/mol. The number of hydrogen-bond donors (Lipinski definition) is 0. The minimum atomic E-state index is 1.05. The van der Waals surface area contributed by atoms with E-state index >= 15 is 0 Å². The predicted octanol–water partition coefficient (Wildman–Crippen LogP) is 2.92. The second kappa shape index (κ2) is 4.63. The summed E-state index contributed by atoms with van der Waals surface area (Å²) in [6, 6.07) is 0. The van der Waals surface area contributed by atoms with Crippen LogP contribution >= 0.6 is 0 Å². The molecule has 0 aliphatic heterocycles. The third-order valence-electron chi connectivity index (χ3n) is 1.27. The molecule has 46 valence electrons. The van der Waals surface area contributed by atoms with Crippen molar-refractivity contribution in [1.29, 1.82) is 0 Å². The minimum absolute atomic E-state index is 1.05. The summed E-state index contributed by atoms with van der Waals surface area (Å²) in [7, 11) is 0. The summed E-state index contributed by atoms with van der Waals surface area (Å²) in [5, 5.41) is 0. The van der Waals surface area contributed by atoms with Crippen LogP contribution in [0, 0.1) is 0 Å². The van der Waals surface area contributed by atoms with E-state index in [0.717, 1.165) is 12.8 Å². The van der Waals surface area contributed by atoms with Gasteiger partial charge in [0.15, 0.2) is 0 Å². The first kappa shape index (κ1) is 7.48. The molecule has 0 saturated carbocycles. The first-order chi connectivity index (χ1) is 3.85. The van der Waals surface area contributed by atoms with Gasteiger partial charge in [0, 0.05) is 0 Å². The van der Waals surface area contributed by atoms with E-state index in [-0.39, 0.29) is 0 Å². The highest BCUT2D eigenvalue weighted by atomic mass is 13.9. The van der Waals surface area contributed by atoms with E-state index in [1.165, 1.54) is 5.57 Å². The summed E-state index contributed by atoms with van der Waals surface area (Å²) >= 11 is 0. The number of allylic oxidation sites excluding steroid dienone is 3. The van der Waals surface area contributed by atoms with Crippen molar-refractivity contribution in [3.8, 4) is 0 Å². The van der Waals surface area contributed by atoms with Crippen LogP contribution < -0.4 is 0 Å². The highest BCUT2D eigenvalue weighted by molar-refractivity contribution is 5.03. The molecule has 0 aromatic heterocycles. The lowest BCUT2D eigenvalue weighted by Crippen LogP contribution is -1.74. The molecular weight excluding hydrogens is 96.1 g/mol. The lowest BCUT2D eigenvalue weighted by molar-refractivity contribution is 1.03. The lowest BCUT2D eigenvalue weighted by atomic mass is 10.1. The van der Waals surface area contributed by atoms with Crippen LogP contribution in [0.4, 0.5) is 0 Å². The molecule has 0 radical (unpaired) electrons.